The second-order valence-electron chi connectivity index (χ2n) is 4.18. The summed E-state index contributed by atoms with van der Waals surface area (Å²) in [7, 11) is 0. The van der Waals surface area contributed by atoms with Crippen LogP contribution >= 0.6 is 15.9 Å². The summed E-state index contributed by atoms with van der Waals surface area (Å²) in [6.45, 7) is 1.29. The molecule has 0 amide bonds. The average molecular weight is 340 g/mol. The minimum absolute atomic E-state index is 0.0461. The molecule has 1 aliphatic rings. The highest BCUT2D eigenvalue weighted by Gasteiger charge is 2.31. The monoisotopic (exact) mass is 339 g/mol. The van der Waals surface area contributed by atoms with Crippen LogP contribution in [0.3, 0.4) is 0 Å². The standard InChI is InChI=1S/C12H13BrF3NO2/c13-10-2-1-8(12(14,15)16)5-11(10)17-6-9-3-4-18-7-19-9/h1-2,5,9,17H,3-4,6-7H2. The van der Waals surface area contributed by atoms with Crippen molar-refractivity contribution in [2.45, 2.75) is 18.7 Å². The molecule has 0 saturated carbocycles. The zero-order valence-corrected chi connectivity index (χ0v) is 11.6. The zero-order valence-electron chi connectivity index (χ0n) is 9.97. The van der Waals surface area contributed by atoms with Crippen molar-refractivity contribution >= 4 is 21.6 Å². The van der Waals surface area contributed by atoms with Gasteiger partial charge < -0.3 is 14.8 Å². The minimum atomic E-state index is -4.34. The summed E-state index contributed by atoms with van der Waals surface area (Å²) in [5, 5.41) is 2.97. The van der Waals surface area contributed by atoms with Crippen molar-refractivity contribution in [3.8, 4) is 0 Å². The van der Waals surface area contributed by atoms with E-state index in [0.29, 0.717) is 23.3 Å². The molecule has 1 aliphatic heterocycles. The van der Waals surface area contributed by atoms with E-state index in [4.69, 9.17) is 9.47 Å². The third kappa shape index (κ3) is 4.09. The van der Waals surface area contributed by atoms with E-state index < -0.39 is 11.7 Å². The summed E-state index contributed by atoms with van der Waals surface area (Å²) in [5.74, 6) is 0. The lowest BCUT2D eigenvalue weighted by Crippen LogP contribution is -2.30. The molecule has 1 aromatic carbocycles. The number of halogens is 4. The molecule has 1 N–H and O–H groups in total. The molecule has 0 radical (unpaired) electrons. The van der Waals surface area contributed by atoms with Gasteiger partial charge in [0, 0.05) is 16.7 Å². The Labute approximate surface area is 117 Å². The highest BCUT2D eigenvalue weighted by Crippen LogP contribution is 2.34. The third-order valence-corrected chi connectivity index (χ3v) is 3.48. The van der Waals surface area contributed by atoms with Crippen molar-refractivity contribution in [2.75, 3.05) is 25.3 Å². The number of nitrogens with one attached hydrogen (secondary N) is 1. The van der Waals surface area contributed by atoms with Gasteiger partial charge in [-0.25, -0.2) is 0 Å². The molecule has 1 aromatic rings. The summed E-state index contributed by atoms with van der Waals surface area (Å²) < 4.78 is 48.8. The molecule has 2 rings (SSSR count). The number of benzene rings is 1. The van der Waals surface area contributed by atoms with Crippen LogP contribution in [-0.4, -0.2) is 26.0 Å². The molecule has 0 bridgehead atoms. The number of ether oxygens (including phenoxy) is 2. The molecule has 1 unspecified atom stereocenters. The van der Waals surface area contributed by atoms with Crippen LogP contribution in [0, 0.1) is 0 Å². The molecule has 7 heteroatoms. The lowest BCUT2D eigenvalue weighted by molar-refractivity contribution is -0.137. The molecule has 0 aliphatic carbocycles. The average Bonchev–Trinajstić information content (AvgIpc) is 2.37. The van der Waals surface area contributed by atoms with Crippen molar-refractivity contribution in [1.82, 2.24) is 0 Å². The Hall–Kier alpha value is -0.790. The van der Waals surface area contributed by atoms with Crippen LogP contribution in [0.5, 0.6) is 0 Å². The SMILES string of the molecule is FC(F)(F)c1ccc(Br)c(NCC2CCOCO2)c1. The molecular weight excluding hydrogens is 327 g/mol. The van der Waals surface area contributed by atoms with Crippen LogP contribution in [0.15, 0.2) is 22.7 Å². The van der Waals surface area contributed by atoms with E-state index in [-0.39, 0.29) is 12.9 Å². The van der Waals surface area contributed by atoms with E-state index >= 15 is 0 Å². The Morgan fingerprint density at radius 1 is 1.37 bits per heavy atom. The Morgan fingerprint density at radius 3 is 2.79 bits per heavy atom. The normalized spacial score (nSPS) is 20.3. The van der Waals surface area contributed by atoms with Gasteiger partial charge in [-0.15, -0.1) is 0 Å². The molecule has 1 heterocycles. The first-order valence-electron chi connectivity index (χ1n) is 5.77. The van der Waals surface area contributed by atoms with Gasteiger partial charge in [-0.05, 0) is 40.5 Å². The maximum atomic E-state index is 12.6. The van der Waals surface area contributed by atoms with Gasteiger partial charge >= 0.3 is 6.18 Å². The lowest BCUT2D eigenvalue weighted by atomic mass is 10.2. The number of anilines is 1. The van der Waals surface area contributed by atoms with Crippen molar-refractivity contribution < 1.29 is 22.6 Å². The second kappa shape index (κ2) is 6.11. The molecule has 19 heavy (non-hydrogen) atoms. The molecule has 1 atom stereocenters. The summed E-state index contributed by atoms with van der Waals surface area (Å²) in [6, 6.07) is 3.51. The largest absolute Gasteiger partial charge is 0.416 e. The van der Waals surface area contributed by atoms with Crippen LogP contribution in [0.4, 0.5) is 18.9 Å². The van der Waals surface area contributed by atoms with Gasteiger partial charge in [-0.2, -0.15) is 13.2 Å². The quantitative estimate of drug-likeness (QED) is 0.911. The van der Waals surface area contributed by atoms with Gasteiger partial charge in [0.25, 0.3) is 0 Å². The van der Waals surface area contributed by atoms with Gasteiger partial charge in [-0.3, -0.25) is 0 Å². The maximum absolute atomic E-state index is 12.6. The van der Waals surface area contributed by atoms with E-state index in [0.717, 1.165) is 18.6 Å². The predicted molar refractivity (Wildman–Crippen MR) is 67.9 cm³/mol. The Morgan fingerprint density at radius 2 is 2.16 bits per heavy atom. The Balaban J connectivity index is 2.02. The summed E-state index contributed by atoms with van der Waals surface area (Å²) in [5.41, 5.74) is -0.268. The lowest BCUT2D eigenvalue weighted by Gasteiger charge is -2.23. The van der Waals surface area contributed by atoms with Crippen LogP contribution in [0.25, 0.3) is 0 Å². The van der Waals surface area contributed by atoms with Crippen LogP contribution in [0.1, 0.15) is 12.0 Å². The number of rotatable bonds is 3. The fourth-order valence-electron chi connectivity index (χ4n) is 1.72. The molecule has 0 aromatic heterocycles. The second-order valence-corrected chi connectivity index (χ2v) is 5.03. The highest BCUT2D eigenvalue weighted by molar-refractivity contribution is 9.10. The van der Waals surface area contributed by atoms with E-state index in [1.807, 2.05) is 0 Å². The first-order valence-corrected chi connectivity index (χ1v) is 6.56. The summed E-state index contributed by atoms with van der Waals surface area (Å²) in [6.07, 6.45) is -3.66. The van der Waals surface area contributed by atoms with Crippen LogP contribution in [0.2, 0.25) is 0 Å². The molecule has 3 nitrogen and oxygen atoms in total. The van der Waals surface area contributed by atoms with Gasteiger partial charge in [0.2, 0.25) is 0 Å². The number of hydrogen-bond donors (Lipinski definition) is 1. The fourth-order valence-corrected chi connectivity index (χ4v) is 2.11. The minimum Gasteiger partial charge on any atom is -0.382 e. The molecule has 1 fully saturated rings. The Bertz CT molecular complexity index is 433. The van der Waals surface area contributed by atoms with Crippen molar-refractivity contribution in [3.05, 3.63) is 28.2 Å². The third-order valence-electron chi connectivity index (χ3n) is 2.79. The summed E-state index contributed by atoms with van der Waals surface area (Å²) in [4.78, 5) is 0. The van der Waals surface area contributed by atoms with Gasteiger partial charge in [-0.1, -0.05) is 0 Å². The maximum Gasteiger partial charge on any atom is 0.416 e. The van der Waals surface area contributed by atoms with E-state index in [1.165, 1.54) is 6.07 Å². The molecule has 106 valence electrons. The summed E-state index contributed by atoms with van der Waals surface area (Å²) >= 11 is 3.23. The van der Waals surface area contributed by atoms with E-state index in [2.05, 4.69) is 21.2 Å². The van der Waals surface area contributed by atoms with Crippen molar-refractivity contribution in [1.29, 1.82) is 0 Å². The zero-order chi connectivity index (χ0) is 13.9. The molecule has 0 spiro atoms. The Kier molecular flexibility index (Phi) is 4.70. The number of hydrogen-bond acceptors (Lipinski definition) is 3. The highest BCUT2D eigenvalue weighted by atomic mass is 79.9. The number of alkyl halides is 3. The van der Waals surface area contributed by atoms with Gasteiger partial charge in [0.1, 0.15) is 6.79 Å². The van der Waals surface area contributed by atoms with Gasteiger partial charge in [0.05, 0.1) is 18.3 Å². The first-order chi connectivity index (χ1) is 8.97. The molecular formula is C12H13BrF3NO2. The van der Waals surface area contributed by atoms with Crippen LogP contribution in [-0.2, 0) is 15.7 Å². The topological polar surface area (TPSA) is 30.5 Å². The molecule has 1 saturated heterocycles. The predicted octanol–water partition coefficient (Wildman–Crippen LogP) is 3.64. The van der Waals surface area contributed by atoms with Crippen LogP contribution < -0.4 is 5.32 Å². The van der Waals surface area contributed by atoms with Crippen molar-refractivity contribution in [2.24, 2.45) is 0 Å². The van der Waals surface area contributed by atoms with Gasteiger partial charge in [0.15, 0.2) is 0 Å². The fraction of sp³-hybridized carbons (Fsp3) is 0.500. The smallest absolute Gasteiger partial charge is 0.382 e. The van der Waals surface area contributed by atoms with Crippen molar-refractivity contribution in [3.63, 3.8) is 0 Å². The van der Waals surface area contributed by atoms with E-state index in [9.17, 15) is 13.2 Å². The first kappa shape index (κ1) is 14.6. The van der Waals surface area contributed by atoms with E-state index in [1.54, 1.807) is 0 Å².